The van der Waals surface area contributed by atoms with E-state index < -0.39 is 0 Å². The summed E-state index contributed by atoms with van der Waals surface area (Å²) in [6.07, 6.45) is -0.0632. The molecular weight excluding hydrogens is 423 g/mol. The maximum Gasteiger partial charge on any atom is 0.231 e. The highest BCUT2D eigenvalue weighted by atomic mass is 35.5. The Morgan fingerprint density at radius 2 is 1.73 bits per heavy atom. The van der Waals surface area contributed by atoms with E-state index in [0.29, 0.717) is 32.8 Å². The molecular formula is C23H16Cl2N2O3. The molecule has 0 saturated heterocycles. The minimum atomic E-state index is -0.378. The van der Waals surface area contributed by atoms with Crippen LogP contribution in [0.3, 0.4) is 0 Å². The molecule has 0 saturated carbocycles. The zero-order valence-corrected chi connectivity index (χ0v) is 17.1. The first kappa shape index (κ1) is 20.0. The third-order valence-electron chi connectivity index (χ3n) is 4.43. The standard InChI is InChI=1S/C23H16Cl2N2O3/c24-16-11-10-15(19(28)13-16)12-20(29)26-23-21(17-8-4-5-9-18(17)25)27-22(30-23)14-6-2-1-3-7-14/h1-11,13,28H,12H2,(H,26,29). The van der Waals surface area contributed by atoms with Gasteiger partial charge in [-0.2, -0.15) is 0 Å². The third-order valence-corrected chi connectivity index (χ3v) is 4.99. The van der Waals surface area contributed by atoms with Gasteiger partial charge in [0.2, 0.25) is 17.7 Å². The Hall–Kier alpha value is -3.28. The molecule has 0 radical (unpaired) electrons. The molecule has 1 heterocycles. The fourth-order valence-electron chi connectivity index (χ4n) is 2.98. The van der Waals surface area contributed by atoms with Gasteiger partial charge in [-0.05, 0) is 30.3 Å². The fourth-order valence-corrected chi connectivity index (χ4v) is 3.37. The number of amides is 1. The minimum Gasteiger partial charge on any atom is -0.508 e. The van der Waals surface area contributed by atoms with Crippen molar-refractivity contribution in [3.63, 3.8) is 0 Å². The lowest BCUT2D eigenvalue weighted by atomic mass is 10.1. The lowest BCUT2D eigenvalue weighted by Crippen LogP contribution is -2.14. The highest BCUT2D eigenvalue weighted by molar-refractivity contribution is 6.33. The summed E-state index contributed by atoms with van der Waals surface area (Å²) in [7, 11) is 0. The van der Waals surface area contributed by atoms with E-state index in [1.807, 2.05) is 42.5 Å². The average molecular weight is 439 g/mol. The van der Waals surface area contributed by atoms with Crippen molar-refractivity contribution in [2.45, 2.75) is 6.42 Å². The molecule has 2 N–H and O–H groups in total. The van der Waals surface area contributed by atoms with Crippen LogP contribution >= 0.6 is 23.2 Å². The Kier molecular flexibility index (Phi) is 5.74. The maximum atomic E-state index is 12.7. The molecule has 30 heavy (non-hydrogen) atoms. The van der Waals surface area contributed by atoms with Crippen molar-refractivity contribution in [3.05, 3.63) is 88.4 Å². The van der Waals surface area contributed by atoms with Gasteiger partial charge in [-0.25, -0.2) is 4.98 Å². The molecule has 0 aliphatic carbocycles. The predicted molar refractivity (Wildman–Crippen MR) is 118 cm³/mol. The number of carbonyl (C=O) groups excluding carboxylic acids is 1. The van der Waals surface area contributed by atoms with Gasteiger partial charge in [0.05, 0.1) is 11.4 Å². The normalized spacial score (nSPS) is 10.7. The largest absolute Gasteiger partial charge is 0.508 e. The van der Waals surface area contributed by atoms with E-state index in [9.17, 15) is 9.90 Å². The highest BCUT2D eigenvalue weighted by Gasteiger charge is 2.20. The SMILES string of the molecule is O=C(Cc1ccc(Cl)cc1O)Nc1oc(-c2ccccc2)nc1-c1ccccc1Cl. The number of aromatic nitrogens is 1. The maximum absolute atomic E-state index is 12.7. The second-order valence-electron chi connectivity index (χ2n) is 6.54. The summed E-state index contributed by atoms with van der Waals surface area (Å²) in [5.74, 6) is 0.110. The number of phenols is 1. The van der Waals surface area contributed by atoms with E-state index in [-0.39, 0.29) is 24.0 Å². The first-order valence-corrected chi connectivity index (χ1v) is 9.85. The van der Waals surface area contributed by atoms with E-state index in [1.54, 1.807) is 24.3 Å². The third kappa shape index (κ3) is 4.32. The molecule has 0 fully saturated rings. The lowest BCUT2D eigenvalue weighted by molar-refractivity contribution is -0.115. The Labute approximate surface area is 182 Å². The molecule has 0 atom stereocenters. The number of rotatable bonds is 5. The van der Waals surface area contributed by atoms with Gasteiger partial charge in [0.25, 0.3) is 0 Å². The van der Waals surface area contributed by atoms with Gasteiger partial charge in [-0.3, -0.25) is 10.1 Å². The Balaban J connectivity index is 1.68. The van der Waals surface area contributed by atoms with Crippen LogP contribution in [0.5, 0.6) is 5.75 Å². The summed E-state index contributed by atoms with van der Waals surface area (Å²) in [4.78, 5) is 17.2. The minimum absolute atomic E-state index is 0.0495. The summed E-state index contributed by atoms with van der Waals surface area (Å²) in [5.41, 5.74) is 2.27. The molecule has 3 aromatic carbocycles. The summed E-state index contributed by atoms with van der Waals surface area (Å²) >= 11 is 12.2. The number of nitrogens with zero attached hydrogens (tertiary/aromatic N) is 1. The van der Waals surface area contributed by atoms with Crippen molar-refractivity contribution in [3.8, 4) is 28.5 Å². The number of carbonyl (C=O) groups is 1. The van der Waals surface area contributed by atoms with Crippen molar-refractivity contribution in [1.29, 1.82) is 0 Å². The zero-order chi connectivity index (χ0) is 21.1. The first-order chi connectivity index (χ1) is 14.5. The number of nitrogens with one attached hydrogen (secondary N) is 1. The van der Waals surface area contributed by atoms with Gasteiger partial charge < -0.3 is 9.52 Å². The number of aromatic hydroxyl groups is 1. The van der Waals surface area contributed by atoms with Crippen molar-refractivity contribution in [2.75, 3.05) is 5.32 Å². The average Bonchev–Trinajstić information content (AvgIpc) is 3.14. The van der Waals surface area contributed by atoms with Gasteiger partial charge in [0.1, 0.15) is 11.4 Å². The summed E-state index contributed by atoms with van der Waals surface area (Å²) in [6.45, 7) is 0. The number of halogens is 2. The molecule has 5 nitrogen and oxygen atoms in total. The zero-order valence-electron chi connectivity index (χ0n) is 15.6. The second-order valence-corrected chi connectivity index (χ2v) is 7.38. The smallest absolute Gasteiger partial charge is 0.231 e. The molecule has 0 spiro atoms. The van der Waals surface area contributed by atoms with Gasteiger partial charge in [-0.1, -0.05) is 65.7 Å². The van der Waals surface area contributed by atoms with Crippen molar-refractivity contribution >= 4 is 35.0 Å². The molecule has 1 amide bonds. The van der Waals surface area contributed by atoms with E-state index in [0.717, 1.165) is 5.56 Å². The van der Waals surface area contributed by atoms with Gasteiger partial charge in [0, 0.05) is 21.7 Å². The van der Waals surface area contributed by atoms with Crippen LogP contribution in [0.1, 0.15) is 5.56 Å². The Bertz CT molecular complexity index is 1210. The predicted octanol–water partition coefficient (Wildman–Crippen LogP) is 6.20. The van der Waals surface area contributed by atoms with Crippen LogP contribution in [0.25, 0.3) is 22.7 Å². The van der Waals surface area contributed by atoms with E-state index in [1.165, 1.54) is 6.07 Å². The summed E-state index contributed by atoms with van der Waals surface area (Å²) in [6, 6.07) is 21.1. The van der Waals surface area contributed by atoms with E-state index in [4.69, 9.17) is 27.6 Å². The van der Waals surface area contributed by atoms with Crippen LogP contribution in [0.4, 0.5) is 5.88 Å². The molecule has 4 rings (SSSR count). The summed E-state index contributed by atoms with van der Waals surface area (Å²) < 4.78 is 5.88. The van der Waals surface area contributed by atoms with Crippen molar-refractivity contribution in [2.24, 2.45) is 0 Å². The second kappa shape index (κ2) is 8.61. The molecule has 1 aromatic heterocycles. The number of phenolic OH excluding ortho intramolecular Hbond substituents is 1. The van der Waals surface area contributed by atoms with Crippen LogP contribution in [0.15, 0.2) is 77.2 Å². The number of anilines is 1. The van der Waals surface area contributed by atoms with E-state index in [2.05, 4.69) is 10.3 Å². The van der Waals surface area contributed by atoms with Gasteiger partial charge >= 0.3 is 0 Å². The number of benzene rings is 3. The quantitative estimate of drug-likeness (QED) is 0.388. The molecule has 7 heteroatoms. The lowest BCUT2D eigenvalue weighted by Gasteiger charge is -2.07. The van der Waals surface area contributed by atoms with Crippen LogP contribution in [0.2, 0.25) is 10.0 Å². The molecule has 0 aliphatic heterocycles. The molecule has 0 unspecified atom stereocenters. The van der Waals surface area contributed by atoms with Crippen LogP contribution in [-0.2, 0) is 11.2 Å². The van der Waals surface area contributed by atoms with E-state index >= 15 is 0 Å². The van der Waals surface area contributed by atoms with Gasteiger partial charge in [0.15, 0.2) is 0 Å². The Morgan fingerprint density at radius 3 is 2.47 bits per heavy atom. The van der Waals surface area contributed by atoms with Crippen molar-refractivity contribution in [1.82, 2.24) is 4.98 Å². The number of hydrogen-bond donors (Lipinski definition) is 2. The van der Waals surface area contributed by atoms with Gasteiger partial charge in [-0.15, -0.1) is 0 Å². The molecule has 150 valence electrons. The first-order valence-electron chi connectivity index (χ1n) is 9.09. The molecule has 4 aromatic rings. The monoisotopic (exact) mass is 438 g/mol. The number of oxazole rings is 1. The van der Waals surface area contributed by atoms with Crippen molar-refractivity contribution < 1.29 is 14.3 Å². The number of hydrogen-bond acceptors (Lipinski definition) is 4. The van der Waals surface area contributed by atoms with Crippen LogP contribution in [-0.4, -0.2) is 16.0 Å². The van der Waals surface area contributed by atoms with Crippen LogP contribution in [0, 0.1) is 0 Å². The summed E-state index contributed by atoms with van der Waals surface area (Å²) in [5, 5.41) is 13.6. The topological polar surface area (TPSA) is 75.4 Å². The highest BCUT2D eigenvalue weighted by Crippen LogP contribution is 2.36. The fraction of sp³-hybridized carbons (Fsp3) is 0.0435. The molecule has 0 bridgehead atoms. The Morgan fingerprint density at radius 1 is 1.00 bits per heavy atom. The van der Waals surface area contributed by atoms with Crippen LogP contribution < -0.4 is 5.32 Å². The molecule has 0 aliphatic rings.